The molecule has 1 rings (SSSR count). The Morgan fingerprint density at radius 2 is 1.41 bits per heavy atom. The maximum absolute atomic E-state index is 8.00. The summed E-state index contributed by atoms with van der Waals surface area (Å²) < 4.78 is 0. The Morgan fingerprint density at radius 1 is 1.05 bits per heavy atom. The first-order chi connectivity index (χ1) is 10.3. The van der Waals surface area contributed by atoms with E-state index in [0.29, 0.717) is 11.8 Å². The summed E-state index contributed by atoms with van der Waals surface area (Å²) >= 11 is 0. The average Bonchev–Trinajstić information content (AvgIpc) is 2.48. The average molecular weight is 313 g/mol. The van der Waals surface area contributed by atoms with Gasteiger partial charge in [-0.25, -0.2) is 5.01 Å². The third-order valence-corrected chi connectivity index (χ3v) is 2.61. The fraction of sp³-hybridized carbons (Fsp3) is 0.842. The number of nitrogens with two attached hydrogens (primary N) is 1. The molecule has 1 saturated heterocycles. The second-order valence-corrected chi connectivity index (χ2v) is 6.49. The summed E-state index contributed by atoms with van der Waals surface area (Å²) in [4.78, 5) is 8.00. The molecule has 0 aliphatic carbocycles. The van der Waals surface area contributed by atoms with Crippen LogP contribution in [0.3, 0.4) is 0 Å². The van der Waals surface area contributed by atoms with Crippen LogP contribution in [0.1, 0.15) is 74.1 Å². The predicted molar refractivity (Wildman–Crippen MR) is 99.3 cm³/mol. The van der Waals surface area contributed by atoms with E-state index in [0.717, 1.165) is 31.8 Å². The molecule has 3 nitrogen and oxygen atoms in total. The number of rotatable bonds is 1. The predicted octanol–water partition coefficient (Wildman–Crippen LogP) is 4.52. The quantitative estimate of drug-likeness (QED) is 0.572. The molecule has 1 fully saturated rings. The molecule has 0 aromatic rings. The van der Waals surface area contributed by atoms with Gasteiger partial charge < -0.3 is 4.79 Å². The van der Waals surface area contributed by atoms with Crippen LogP contribution < -0.4 is 5.84 Å². The van der Waals surface area contributed by atoms with Gasteiger partial charge in [0.25, 0.3) is 0 Å². The fourth-order valence-electron chi connectivity index (χ4n) is 1.33. The lowest BCUT2D eigenvalue weighted by atomic mass is 9.98. The molecule has 0 aromatic heterocycles. The maximum atomic E-state index is 8.00. The Kier molecular flexibility index (Phi) is 23.9. The minimum Gasteiger partial charge on any atom is -0.307 e. The molecular formula is C19H40N2O. The third kappa shape index (κ3) is 27.5. The van der Waals surface area contributed by atoms with E-state index in [1.807, 2.05) is 11.8 Å². The maximum Gasteiger partial charge on any atom is 0.106 e. The zero-order valence-electron chi connectivity index (χ0n) is 16.1. The first-order valence-electron chi connectivity index (χ1n) is 8.62. The van der Waals surface area contributed by atoms with Crippen LogP contribution in [0.25, 0.3) is 0 Å². The molecule has 1 heterocycles. The summed E-state index contributed by atoms with van der Waals surface area (Å²) in [7, 11) is 0. The highest BCUT2D eigenvalue weighted by Crippen LogP contribution is 2.13. The number of carbonyl (C=O) groups is 1. The van der Waals surface area contributed by atoms with Crippen molar-refractivity contribution < 1.29 is 4.79 Å². The molecule has 0 bridgehead atoms. The highest BCUT2D eigenvalue weighted by atomic mass is 16.1. The number of hydrazine groups is 1. The molecule has 0 aromatic carbocycles. The number of carbonyl (C=O) groups excluding carboxylic acids is 1. The van der Waals surface area contributed by atoms with E-state index in [1.54, 1.807) is 0 Å². The first kappa shape index (κ1) is 26.1. The summed E-state index contributed by atoms with van der Waals surface area (Å²) in [5, 5.41) is 1.88. The topological polar surface area (TPSA) is 46.3 Å². The van der Waals surface area contributed by atoms with Crippen LogP contribution in [0.4, 0.5) is 0 Å². The van der Waals surface area contributed by atoms with E-state index in [9.17, 15) is 0 Å². The SMILES string of the molecule is C=O.CC(C)C.CC(C)C#CC1CCN(N)CC1.CCCC. The smallest absolute Gasteiger partial charge is 0.106 e. The Bertz CT molecular complexity index is 254. The summed E-state index contributed by atoms with van der Waals surface area (Å²) in [6, 6.07) is 0. The number of piperidine rings is 1. The molecule has 0 spiro atoms. The lowest BCUT2D eigenvalue weighted by molar-refractivity contribution is -0.0979. The van der Waals surface area contributed by atoms with Gasteiger partial charge in [0.2, 0.25) is 0 Å². The third-order valence-electron chi connectivity index (χ3n) is 2.61. The van der Waals surface area contributed by atoms with Crippen molar-refractivity contribution in [2.24, 2.45) is 23.6 Å². The van der Waals surface area contributed by atoms with Gasteiger partial charge in [0.15, 0.2) is 0 Å². The van der Waals surface area contributed by atoms with Crippen LogP contribution in [0, 0.1) is 29.6 Å². The van der Waals surface area contributed by atoms with Crippen LogP contribution in [-0.4, -0.2) is 24.9 Å². The van der Waals surface area contributed by atoms with E-state index < -0.39 is 0 Å². The molecule has 0 radical (unpaired) electrons. The van der Waals surface area contributed by atoms with E-state index >= 15 is 0 Å². The molecule has 0 amide bonds. The lowest BCUT2D eigenvalue weighted by Crippen LogP contribution is -2.38. The minimum atomic E-state index is 0.501. The summed E-state index contributed by atoms with van der Waals surface area (Å²) in [6.07, 6.45) is 4.91. The Morgan fingerprint density at radius 3 is 1.68 bits per heavy atom. The van der Waals surface area contributed by atoms with E-state index in [2.05, 4.69) is 60.3 Å². The summed E-state index contributed by atoms with van der Waals surface area (Å²) in [5.41, 5.74) is 0. The lowest BCUT2D eigenvalue weighted by Gasteiger charge is -2.25. The van der Waals surface area contributed by atoms with Crippen molar-refractivity contribution in [3.8, 4) is 11.8 Å². The van der Waals surface area contributed by atoms with Crippen LogP contribution in [0.15, 0.2) is 0 Å². The van der Waals surface area contributed by atoms with Crippen molar-refractivity contribution in [3.63, 3.8) is 0 Å². The van der Waals surface area contributed by atoms with Gasteiger partial charge in [-0.15, -0.1) is 5.92 Å². The molecule has 2 N–H and O–H groups in total. The highest BCUT2D eigenvalue weighted by molar-refractivity contribution is 5.11. The molecule has 3 heteroatoms. The van der Waals surface area contributed by atoms with Crippen LogP contribution in [-0.2, 0) is 4.79 Å². The normalized spacial score (nSPS) is 14.5. The van der Waals surface area contributed by atoms with Gasteiger partial charge in [-0.1, -0.05) is 67.2 Å². The van der Waals surface area contributed by atoms with Crippen molar-refractivity contribution in [1.82, 2.24) is 5.01 Å². The minimum absolute atomic E-state index is 0.501. The van der Waals surface area contributed by atoms with Crippen molar-refractivity contribution in [2.75, 3.05) is 13.1 Å². The number of unbranched alkanes of at least 4 members (excludes halogenated alkanes) is 1. The van der Waals surface area contributed by atoms with Gasteiger partial charge >= 0.3 is 0 Å². The van der Waals surface area contributed by atoms with Gasteiger partial charge in [-0.3, -0.25) is 5.84 Å². The molecular weight excluding hydrogens is 272 g/mol. The molecule has 0 saturated carbocycles. The molecule has 22 heavy (non-hydrogen) atoms. The number of hydrogen-bond donors (Lipinski definition) is 1. The second-order valence-electron chi connectivity index (χ2n) is 6.49. The van der Waals surface area contributed by atoms with Crippen molar-refractivity contribution in [3.05, 3.63) is 0 Å². The number of hydrogen-bond acceptors (Lipinski definition) is 3. The molecule has 132 valence electrons. The van der Waals surface area contributed by atoms with Crippen LogP contribution >= 0.6 is 0 Å². The van der Waals surface area contributed by atoms with E-state index in [4.69, 9.17) is 10.6 Å². The first-order valence-corrected chi connectivity index (χ1v) is 8.62. The second kappa shape index (κ2) is 20.1. The Balaban J connectivity index is -0.000000301. The standard InChI is InChI=1S/C10H18N2.2C4H10.CH2O/c1-9(2)3-4-10-5-7-12(11)8-6-10;1-4(2)3;1-3-4-2;1-2/h9-10H,5-8,11H2,1-2H3;4H,1-3H3;3-4H2,1-2H3;1H2. The fourth-order valence-corrected chi connectivity index (χ4v) is 1.33. The van der Waals surface area contributed by atoms with E-state index in [-0.39, 0.29) is 0 Å². The van der Waals surface area contributed by atoms with Gasteiger partial charge in [0.1, 0.15) is 6.79 Å². The zero-order chi connectivity index (χ0) is 18.0. The summed E-state index contributed by atoms with van der Waals surface area (Å²) in [5.74, 6) is 14.1. The monoisotopic (exact) mass is 312 g/mol. The van der Waals surface area contributed by atoms with Crippen molar-refractivity contribution in [2.45, 2.75) is 74.1 Å². The molecule has 1 aliphatic rings. The van der Waals surface area contributed by atoms with E-state index in [1.165, 1.54) is 12.8 Å². The summed E-state index contributed by atoms with van der Waals surface area (Å²) in [6.45, 7) is 19.1. The van der Waals surface area contributed by atoms with Crippen molar-refractivity contribution >= 4 is 6.79 Å². The number of nitrogens with zero attached hydrogens (tertiary/aromatic N) is 1. The zero-order valence-corrected chi connectivity index (χ0v) is 16.1. The highest BCUT2D eigenvalue weighted by Gasteiger charge is 2.14. The van der Waals surface area contributed by atoms with Gasteiger partial charge in [-0.2, -0.15) is 0 Å². The molecule has 0 unspecified atom stereocenters. The largest absolute Gasteiger partial charge is 0.307 e. The van der Waals surface area contributed by atoms with Crippen LogP contribution in [0.2, 0.25) is 0 Å². The van der Waals surface area contributed by atoms with Gasteiger partial charge in [0.05, 0.1) is 0 Å². The van der Waals surface area contributed by atoms with Gasteiger partial charge in [0, 0.05) is 24.9 Å². The van der Waals surface area contributed by atoms with Crippen LogP contribution in [0.5, 0.6) is 0 Å². The Labute approximate surface area is 140 Å². The van der Waals surface area contributed by atoms with Crippen molar-refractivity contribution in [1.29, 1.82) is 0 Å². The molecule has 1 aliphatic heterocycles. The molecule has 0 atom stereocenters. The Hall–Kier alpha value is -0.850. The van der Waals surface area contributed by atoms with Gasteiger partial charge in [-0.05, 0) is 18.8 Å².